The number of aromatic amines is 1. The van der Waals surface area contributed by atoms with E-state index in [4.69, 9.17) is 11.5 Å². The summed E-state index contributed by atoms with van der Waals surface area (Å²) in [5.74, 6) is -1.33. The van der Waals surface area contributed by atoms with Crippen molar-refractivity contribution in [1.82, 2.24) is 15.4 Å². The Balaban J connectivity index is 2.91. The third kappa shape index (κ3) is 1.57. The molecule has 1 rings (SSSR count). The van der Waals surface area contributed by atoms with Gasteiger partial charge in [0.25, 0.3) is 5.91 Å². The fourth-order valence-electron chi connectivity index (χ4n) is 0.738. The molecule has 2 amide bonds. The SMILES string of the molecule is NC(=O)Cc1n[nH]nc1C(N)=O. The first-order valence-electron chi connectivity index (χ1n) is 3.09. The lowest BCUT2D eigenvalue weighted by Crippen LogP contribution is -2.19. The molecule has 0 aliphatic carbocycles. The van der Waals surface area contributed by atoms with Gasteiger partial charge >= 0.3 is 0 Å². The standard InChI is InChI=1S/C5H7N5O2/c6-3(11)1-2-4(5(7)12)9-10-8-2/h1H2,(H2,6,11)(H2,7,12)(H,8,9,10). The topological polar surface area (TPSA) is 128 Å². The monoisotopic (exact) mass is 169 g/mol. The highest BCUT2D eigenvalue weighted by Crippen LogP contribution is 1.99. The average Bonchev–Trinajstić information content (AvgIpc) is 2.33. The van der Waals surface area contributed by atoms with Crippen molar-refractivity contribution in [3.63, 3.8) is 0 Å². The fourth-order valence-corrected chi connectivity index (χ4v) is 0.738. The number of hydrogen-bond acceptors (Lipinski definition) is 4. The Labute approximate surface area is 67.1 Å². The van der Waals surface area contributed by atoms with Crippen LogP contribution in [0.3, 0.4) is 0 Å². The molecule has 0 atom stereocenters. The van der Waals surface area contributed by atoms with E-state index in [9.17, 15) is 9.59 Å². The van der Waals surface area contributed by atoms with E-state index in [2.05, 4.69) is 15.4 Å². The molecule has 7 nitrogen and oxygen atoms in total. The third-order valence-electron chi connectivity index (χ3n) is 1.20. The van der Waals surface area contributed by atoms with Crippen LogP contribution in [0.4, 0.5) is 0 Å². The maximum absolute atomic E-state index is 10.6. The van der Waals surface area contributed by atoms with E-state index in [1.165, 1.54) is 0 Å². The van der Waals surface area contributed by atoms with Gasteiger partial charge in [0.05, 0.1) is 6.42 Å². The summed E-state index contributed by atoms with van der Waals surface area (Å²) in [5, 5.41) is 9.17. The highest BCUT2D eigenvalue weighted by atomic mass is 16.1. The molecule has 64 valence electrons. The molecule has 0 saturated heterocycles. The molecule has 0 unspecified atom stereocenters. The smallest absolute Gasteiger partial charge is 0.271 e. The third-order valence-corrected chi connectivity index (χ3v) is 1.20. The lowest BCUT2D eigenvalue weighted by Gasteiger charge is -1.91. The minimum atomic E-state index is -0.736. The highest BCUT2D eigenvalue weighted by Gasteiger charge is 2.14. The quantitative estimate of drug-likeness (QED) is 0.480. The van der Waals surface area contributed by atoms with Crippen LogP contribution in [-0.4, -0.2) is 27.2 Å². The van der Waals surface area contributed by atoms with Crippen LogP contribution in [0.15, 0.2) is 0 Å². The molecule has 0 aromatic carbocycles. The predicted molar refractivity (Wildman–Crippen MR) is 37.8 cm³/mol. The zero-order valence-electron chi connectivity index (χ0n) is 6.07. The lowest BCUT2D eigenvalue weighted by atomic mass is 10.2. The van der Waals surface area contributed by atoms with Gasteiger partial charge in [0.15, 0.2) is 5.69 Å². The van der Waals surface area contributed by atoms with Crippen molar-refractivity contribution in [2.24, 2.45) is 11.5 Å². The summed E-state index contributed by atoms with van der Waals surface area (Å²) in [4.78, 5) is 21.0. The number of carbonyl (C=O) groups excluding carboxylic acids is 2. The van der Waals surface area contributed by atoms with E-state index >= 15 is 0 Å². The Kier molecular flexibility index (Phi) is 2.04. The Morgan fingerprint density at radius 2 is 2.00 bits per heavy atom. The molecular formula is C5H7N5O2. The second-order valence-corrected chi connectivity index (χ2v) is 2.13. The maximum atomic E-state index is 10.6. The lowest BCUT2D eigenvalue weighted by molar-refractivity contribution is -0.117. The molecule has 0 spiro atoms. The van der Waals surface area contributed by atoms with Crippen LogP contribution in [0.5, 0.6) is 0 Å². The van der Waals surface area contributed by atoms with Gasteiger partial charge in [-0.25, -0.2) is 0 Å². The van der Waals surface area contributed by atoms with Gasteiger partial charge in [0, 0.05) is 0 Å². The van der Waals surface area contributed by atoms with Crippen LogP contribution < -0.4 is 11.5 Å². The molecule has 0 fully saturated rings. The summed E-state index contributed by atoms with van der Waals surface area (Å²) < 4.78 is 0. The van der Waals surface area contributed by atoms with E-state index in [1.807, 2.05) is 0 Å². The number of rotatable bonds is 3. The first-order valence-corrected chi connectivity index (χ1v) is 3.09. The summed E-state index contributed by atoms with van der Waals surface area (Å²) in [7, 11) is 0. The molecule has 1 aromatic rings. The average molecular weight is 169 g/mol. The summed E-state index contributed by atoms with van der Waals surface area (Å²) in [5.41, 5.74) is 9.93. The Hall–Kier alpha value is -1.92. The van der Waals surface area contributed by atoms with Crippen LogP contribution >= 0.6 is 0 Å². The molecule has 0 aliphatic rings. The summed E-state index contributed by atoms with van der Waals surface area (Å²) in [6.07, 6.45) is -0.144. The maximum Gasteiger partial charge on any atom is 0.271 e. The van der Waals surface area contributed by atoms with Crippen molar-refractivity contribution in [3.8, 4) is 0 Å². The molecule has 0 radical (unpaired) electrons. The van der Waals surface area contributed by atoms with E-state index in [0.717, 1.165) is 0 Å². The van der Waals surface area contributed by atoms with Crippen molar-refractivity contribution in [1.29, 1.82) is 0 Å². The van der Waals surface area contributed by atoms with Gasteiger partial charge in [-0.2, -0.15) is 15.4 Å². The van der Waals surface area contributed by atoms with Crippen molar-refractivity contribution >= 4 is 11.8 Å². The van der Waals surface area contributed by atoms with Crippen LogP contribution in [0.2, 0.25) is 0 Å². The Morgan fingerprint density at radius 1 is 1.33 bits per heavy atom. The number of primary amides is 2. The predicted octanol–water partition coefficient (Wildman–Crippen LogP) is -2.07. The zero-order valence-corrected chi connectivity index (χ0v) is 6.07. The fraction of sp³-hybridized carbons (Fsp3) is 0.200. The summed E-state index contributed by atoms with van der Waals surface area (Å²) in [6.45, 7) is 0. The molecule has 1 heterocycles. The molecule has 0 aliphatic heterocycles. The van der Waals surface area contributed by atoms with Crippen LogP contribution in [0.1, 0.15) is 16.2 Å². The van der Waals surface area contributed by atoms with E-state index < -0.39 is 11.8 Å². The highest BCUT2D eigenvalue weighted by molar-refractivity contribution is 5.93. The van der Waals surface area contributed by atoms with E-state index in [0.29, 0.717) is 0 Å². The number of H-pyrrole nitrogens is 1. The number of hydrogen-bond donors (Lipinski definition) is 3. The van der Waals surface area contributed by atoms with Gasteiger partial charge in [0.1, 0.15) is 5.69 Å². The molecule has 7 heteroatoms. The van der Waals surface area contributed by atoms with E-state index in [-0.39, 0.29) is 17.8 Å². The normalized spacial score (nSPS) is 9.67. The first kappa shape index (κ1) is 8.18. The summed E-state index contributed by atoms with van der Waals surface area (Å²) >= 11 is 0. The summed E-state index contributed by atoms with van der Waals surface area (Å²) in [6, 6.07) is 0. The molecule has 0 saturated carbocycles. The van der Waals surface area contributed by atoms with Crippen molar-refractivity contribution in [2.45, 2.75) is 6.42 Å². The van der Waals surface area contributed by atoms with Gasteiger partial charge in [-0.1, -0.05) is 0 Å². The first-order chi connectivity index (χ1) is 5.61. The molecule has 12 heavy (non-hydrogen) atoms. The molecule has 1 aromatic heterocycles. The van der Waals surface area contributed by atoms with Crippen LogP contribution in [-0.2, 0) is 11.2 Å². The van der Waals surface area contributed by atoms with Gasteiger partial charge in [0.2, 0.25) is 5.91 Å². The molecule has 0 bridgehead atoms. The number of amides is 2. The van der Waals surface area contributed by atoms with Crippen LogP contribution in [0, 0.1) is 0 Å². The minimum Gasteiger partial charge on any atom is -0.369 e. The van der Waals surface area contributed by atoms with Gasteiger partial charge in [-0.05, 0) is 0 Å². The van der Waals surface area contributed by atoms with Crippen LogP contribution in [0.25, 0.3) is 0 Å². The van der Waals surface area contributed by atoms with Gasteiger partial charge in [-0.3, -0.25) is 9.59 Å². The molecule has 5 N–H and O–H groups in total. The largest absolute Gasteiger partial charge is 0.369 e. The minimum absolute atomic E-state index is 0.0474. The van der Waals surface area contributed by atoms with Gasteiger partial charge in [-0.15, -0.1) is 0 Å². The van der Waals surface area contributed by atoms with Crippen molar-refractivity contribution in [2.75, 3.05) is 0 Å². The Morgan fingerprint density at radius 3 is 2.50 bits per heavy atom. The number of nitrogens with two attached hydrogens (primary N) is 2. The van der Waals surface area contributed by atoms with E-state index in [1.54, 1.807) is 0 Å². The van der Waals surface area contributed by atoms with Crippen molar-refractivity contribution < 1.29 is 9.59 Å². The second kappa shape index (κ2) is 2.99. The van der Waals surface area contributed by atoms with Gasteiger partial charge < -0.3 is 11.5 Å². The number of aromatic nitrogens is 3. The number of carbonyl (C=O) groups is 2. The van der Waals surface area contributed by atoms with Crippen molar-refractivity contribution in [3.05, 3.63) is 11.4 Å². The molecular weight excluding hydrogens is 162 g/mol. The zero-order chi connectivity index (χ0) is 9.14. The number of nitrogens with zero attached hydrogens (tertiary/aromatic N) is 2. The Bertz CT molecular complexity index is 317. The number of nitrogens with one attached hydrogen (secondary N) is 1. The second-order valence-electron chi connectivity index (χ2n) is 2.13.